The van der Waals surface area contributed by atoms with E-state index in [9.17, 15) is 4.79 Å². The lowest BCUT2D eigenvalue weighted by atomic mass is 10.4. The third-order valence-electron chi connectivity index (χ3n) is 2.90. The number of nitrogens with zero attached hydrogens (tertiary/aromatic N) is 3. The molecule has 1 amide bonds. The number of carbonyl (C=O) groups is 1. The van der Waals surface area contributed by atoms with Crippen molar-refractivity contribution >= 4 is 6.41 Å². The van der Waals surface area contributed by atoms with Crippen molar-refractivity contribution in [3.05, 3.63) is 7.05 Å². The molecule has 2 saturated heterocycles. The van der Waals surface area contributed by atoms with E-state index in [1.807, 2.05) is 0 Å². The molecule has 2 fully saturated rings. The Morgan fingerprint density at radius 1 is 1.06 bits per heavy atom. The molecule has 0 bridgehead atoms. The molecule has 1 N–H and O–H groups in total. The predicted octanol–water partition coefficient (Wildman–Crippen LogP) is -0.927. The molecule has 2 aliphatic rings. The Morgan fingerprint density at radius 3 is 2.00 bits per heavy atom. The van der Waals surface area contributed by atoms with Crippen LogP contribution in [0.25, 0.3) is 0 Å². The average molecular weight is 227 g/mol. The van der Waals surface area contributed by atoms with Crippen molar-refractivity contribution in [3.8, 4) is 0 Å². The second-order valence-electron chi connectivity index (χ2n) is 4.31. The van der Waals surface area contributed by atoms with Gasteiger partial charge in [-0.15, -0.1) is 0 Å². The SMILES string of the molecule is CN1CCN(C=O)CC1.[CH2]N1CCNCC1. The van der Waals surface area contributed by atoms with Gasteiger partial charge in [-0.3, -0.25) is 9.69 Å². The van der Waals surface area contributed by atoms with E-state index in [1.165, 1.54) is 0 Å². The highest BCUT2D eigenvalue weighted by Gasteiger charge is 2.10. The van der Waals surface area contributed by atoms with Crippen LogP contribution < -0.4 is 5.32 Å². The van der Waals surface area contributed by atoms with Gasteiger partial charge in [0.15, 0.2) is 0 Å². The summed E-state index contributed by atoms with van der Waals surface area (Å²) >= 11 is 0. The number of hydrogen-bond donors (Lipinski definition) is 1. The first-order valence-electron chi connectivity index (χ1n) is 5.86. The second-order valence-corrected chi connectivity index (χ2v) is 4.31. The molecule has 5 nitrogen and oxygen atoms in total. The molecular weight excluding hydrogens is 204 g/mol. The highest BCUT2D eigenvalue weighted by molar-refractivity contribution is 5.47. The molecule has 0 aromatic heterocycles. The van der Waals surface area contributed by atoms with Crippen LogP contribution in [0.5, 0.6) is 0 Å². The van der Waals surface area contributed by atoms with Crippen LogP contribution in [0, 0.1) is 7.05 Å². The summed E-state index contributed by atoms with van der Waals surface area (Å²) in [5, 5.41) is 3.23. The van der Waals surface area contributed by atoms with Gasteiger partial charge in [-0.05, 0) is 7.05 Å². The molecule has 2 heterocycles. The van der Waals surface area contributed by atoms with E-state index in [0.29, 0.717) is 0 Å². The lowest BCUT2D eigenvalue weighted by Crippen LogP contribution is -2.43. The van der Waals surface area contributed by atoms with E-state index in [-0.39, 0.29) is 0 Å². The number of piperazine rings is 2. The molecule has 0 aromatic rings. The van der Waals surface area contributed by atoms with Gasteiger partial charge in [-0.2, -0.15) is 0 Å². The number of amides is 1. The fourth-order valence-corrected chi connectivity index (χ4v) is 1.64. The Morgan fingerprint density at radius 2 is 1.62 bits per heavy atom. The zero-order valence-electron chi connectivity index (χ0n) is 10.2. The van der Waals surface area contributed by atoms with Crippen LogP contribution in [-0.2, 0) is 4.79 Å². The minimum Gasteiger partial charge on any atom is -0.343 e. The summed E-state index contributed by atoms with van der Waals surface area (Å²) in [4.78, 5) is 16.3. The molecule has 0 aliphatic carbocycles. The molecule has 0 unspecified atom stereocenters. The molecule has 1 radical (unpaired) electrons. The zero-order valence-corrected chi connectivity index (χ0v) is 10.2. The van der Waals surface area contributed by atoms with Crippen molar-refractivity contribution in [2.75, 3.05) is 59.4 Å². The Kier molecular flexibility index (Phi) is 6.37. The van der Waals surface area contributed by atoms with Crippen LogP contribution in [0.1, 0.15) is 0 Å². The van der Waals surface area contributed by atoms with Crippen LogP contribution in [0.2, 0.25) is 0 Å². The monoisotopic (exact) mass is 227 g/mol. The van der Waals surface area contributed by atoms with Gasteiger partial charge in [0.1, 0.15) is 0 Å². The van der Waals surface area contributed by atoms with Crippen LogP contribution in [-0.4, -0.2) is 80.5 Å². The summed E-state index contributed by atoms with van der Waals surface area (Å²) in [6, 6.07) is 0. The molecule has 2 aliphatic heterocycles. The summed E-state index contributed by atoms with van der Waals surface area (Å²) in [6.07, 6.45) is 0.924. The Balaban J connectivity index is 0.000000165. The molecule has 0 spiro atoms. The largest absolute Gasteiger partial charge is 0.343 e. The Labute approximate surface area is 98.4 Å². The van der Waals surface area contributed by atoms with Gasteiger partial charge < -0.3 is 15.1 Å². The standard InChI is InChI=1S/C6H12N2O.C5H11N2/c1-7-2-4-8(6-9)5-3-7;1-7-4-2-6-3-5-7/h6H,2-5H2,1H3;6H,1-5H2. The van der Waals surface area contributed by atoms with Crippen LogP contribution in [0.3, 0.4) is 0 Å². The normalized spacial score (nSPS) is 23.5. The number of likely N-dealkylation sites (N-methyl/N-ethyl adjacent to an activating group) is 1. The van der Waals surface area contributed by atoms with Gasteiger partial charge in [0.05, 0.1) is 0 Å². The van der Waals surface area contributed by atoms with Crippen LogP contribution in [0.15, 0.2) is 0 Å². The number of hydrogen-bond acceptors (Lipinski definition) is 4. The molecule has 5 heteroatoms. The van der Waals surface area contributed by atoms with Gasteiger partial charge in [0.2, 0.25) is 6.41 Å². The summed E-state index contributed by atoms with van der Waals surface area (Å²) in [7, 11) is 5.86. The summed E-state index contributed by atoms with van der Waals surface area (Å²) < 4.78 is 0. The molecule has 0 saturated carbocycles. The van der Waals surface area contributed by atoms with E-state index in [1.54, 1.807) is 4.90 Å². The average Bonchev–Trinajstić information content (AvgIpc) is 2.32. The maximum absolute atomic E-state index is 10.2. The lowest BCUT2D eigenvalue weighted by molar-refractivity contribution is -0.119. The minimum atomic E-state index is 0.889. The molecule has 0 aromatic carbocycles. The van der Waals surface area contributed by atoms with E-state index in [0.717, 1.165) is 58.8 Å². The van der Waals surface area contributed by atoms with Crippen molar-refractivity contribution in [1.82, 2.24) is 20.0 Å². The Bertz CT molecular complexity index is 186. The van der Waals surface area contributed by atoms with E-state index in [4.69, 9.17) is 0 Å². The summed E-state index contributed by atoms with van der Waals surface area (Å²) in [5.41, 5.74) is 0. The van der Waals surface area contributed by atoms with E-state index >= 15 is 0 Å². The first-order chi connectivity index (χ1) is 7.72. The van der Waals surface area contributed by atoms with Gasteiger partial charge in [-0.25, -0.2) is 0 Å². The number of nitrogens with one attached hydrogen (secondary N) is 1. The maximum Gasteiger partial charge on any atom is 0.209 e. The van der Waals surface area contributed by atoms with Gasteiger partial charge in [0, 0.05) is 59.4 Å². The molecule has 0 atom stereocenters. The van der Waals surface area contributed by atoms with E-state index < -0.39 is 0 Å². The number of rotatable bonds is 1. The summed E-state index contributed by atoms with van der Waals surface area (Å²) in [5.74, 6) is 0. The summed E-state index contributed by atoms with van der Waals surface area (Å²) in [6.45, 7) is 8.20. The molecule has 16 heavy (non-hydrogen) atoms. The quantitative estimate of drug-likeness (QED) is 0.588. The van der Waals surface area contributed by atoms with Crippen molar-refractivity contribution in [1.29, 1.82) is 0 Å². The lowest BCUT2D eigenvalue weighted by Gasteiger charge is -2.29. The highest BCUT2D eigenvalue weighted by Crippen LogP contribution is 1.94. The second kappa shape index (κ2) is 7.60. The third-order valence-corrected chi connectivity index (χ3v) is 2.90. The fraction of sp³-hybridized carbons (Fsp3) is 0.818. The predicted molar refractivity (Wildman–Crippen MR) is 64.9 cm³/mol. The topological polar surface area (TPSA) is 38.8 Å². The van der Waals surface area contributed by atoms with Gasteiger partial charge in [-0.1, -0.05) is 0 Å². The molecule has 93 valence electrons. The van der Waals surface area contributed by atoms with Crippen molar-refractivity contribution in [3.63, 3.8) is 0 Å². The van der Waals surface area contributed by atoms with Crippen molar-refractivity contribution in [2.24, 2.45) is 0 Å². The van der Waals surface area contributed by atoms with E-state index in [2.05, 4.69) is 29.2 Å². The molecular formula is C11H23N4O. The molecule has 2 rings (SSSR count). The third kappa shape index (κ3) is 5.44. The zero-order chi connectivity index (χ0) is 11.8. The minimum absolute atomic E-state index is 0.889. The van der Waals surface area contributed by atoms with Crippen molar-refractivity contribution in [2.45, 2.75) is 0 Å². The van der Waals surface area contributed by atoms with Gasteiger partial charge >= 0.3 is 0 Å². The number of carbonyl (C=O) groups excluding carboxylic acids is 1. The maximum atomic E-state index is 10.2. The highest BCUT2D eigenvalue weighted by atomic mass is 16.1. The van der Waals surface area contributed by atoms with Crippen molar-refractivity contribution < 1.29 is 4.79 Å². The smallest absolute Gasteiger partial charge is 0.209 e. The Hall–Kier alpha value is -0.650. The first kappa shape index (κ1) is 13.4. The van der Waals surface area contributed by atoms with Crippen LogP contribution in [0.4, 0.5) is 0 Å². The van der Waals surface area contributed by atoms with Gasteiger partial charge in [0.25, 0.3) is 0 Å². The van der Waals surface area contributed by atoms with Crippen LogP contribution >= 0.6 is 0 Å². The fourth-order valence-electron chi connectivity index (χ4n) is 1.64. The first-order valence-corrected chi connectivity index (χ1v) is 5.86.